The SMILES string of the molecule is CCCCCCCC(=O)CC(=O)c1cnccn1. The molecule has 1 heterocycles. The average molecular weight is 248 g/mol. The van der Waals surface area contributed by atoms with E-state index in [2.05, 4.69) is 16.9 Å². The molecule has 0 amide bonds. The van der Waals surface area contributed by atoms with Crippen LogP contribution >= 0.6 is 0 Å². The predicted molar refractivity (Wildman–Crippen MR) is 69.4 cm³/mol. The standard InChI is InChI=1S/C14H20N2O2/c1-2-3-4-5-6-7-12(17)10-14(18)13-11-15-8-9-16-13/h8-9,11H,2-7,10H2,1H3. The van der Waals surface area contributed by atoms with Crippen molar-refractivity contribution in [2.45, 2.75) is 51.9 Å². The first-order chi connectivity index (χ1) is 8.74. The van der Waals surface area contributed by atoms with Crippen molar-refractivity contribution in [1.82, 2.24) is 9.97 Å². The zero-order chi connectivity index (χ0) is 13.2. The molecule has 0 bridgehead atoms. The van der Waals surface area contributed by atoms with Gasteiger partial charge < -0.3 is 0 Å². The van der Waals surface area contributed by atoms with Crippen molar-refractivity contribution >= 4 is 11.6 Å². The normalized spacial score (nSPS) is 10.3. The highest BCUT2D eigenvalue weighted by atomic mass is 16.1. The van der Waals surface area contributed by atoms with Crippen LogP contribution in [0.15, 0.2) is 18.6 Å². The van der Waals surface area contributed by atoms with Gasteiger partial charge in [-0.15, -0.1) is 0 Å². The predicted octanol–water partition coefficient (Wildman–Crippen LogP) is 2.98. The number of unbranched alkanes of at least 4 members (excludes halogenated alkanes) is 4. The fourth-order valence-electron chi connectivity index (χ4n) is 1.73. The smallest absolute Gasteiger partial charge is 0.190 e. The van der Waals surface area contributed by atoms with Gasteiger partial charge in [0.2, 0.25) is 0 Å². The molecule has 1 aromatic heterocycles. The quantitative estimate of drug-likeness (QED) is 0.383. The van der Waals surface area contributed by atoms with E-state index >= 15 is 0 Å². The van der Waals surface area contributed by atoms with E-state index in [4.69, 9.17) is 0 Å². The molecule has 0 saturated heterocycles. The van der Waals surface area contributed by atoms with Crippen LogP contribution in [0.2, 0.25) is 0 Å². The third-order valence-corrected chi connectivity index (χ3v) is 2.77. The number of hydrogen-bond donors (Lipinski definition) is 0. The second-order valence-corrected chi connectivity index (χ2v) is 4.39. The van der Waals surface area contributed by atoms with Crippen molar-refractivity contribution in [2.24, 2.45) is 0 Å². The third kappa shape index (κ3) is 5.66. The largest absolute Gasteiger partial charge is 0.299 e. The summed E-state index contributed by atoms with van der Waals surface area (Å²) in [6.45, 7) is 2.16. The highest BCUT2D eigenvalue weighted by molar-refractivity contribution is 6.06. The monoisotopic (exact) mass is 248 g/mol. The highest BCUT2D eigenvalue weighted by Gasteiger charge is 2.12. The lowest BCUT2D eigenvalue weighted by Gasteiger charge is -2.00. The molecule has 0 N–H and O–H groups in total. The topological polar surface area (TPSA) is 59.9 Å². The minimum Gasteiger partial charge on any atom is -0.299 e. The molecule has 0 aliphatic heterocycles. The second kappa shape index (κ2) is 8.50. The molecule has 4 nitrogen and oxygen atoms in total. The number of carbonyl (C=O) groups is 2. The molecule has 0 atom stereocenters. The maximum atomic E-state index is 11.7. The van der Waals surface area contributed by atoms with Crippen LogP contribution in [-0.4, -0.2) is 21.5 Å². The maximum Gasteiger partial charge on any atom is 0.190 e. The molecule has 0 radical (unpaired) electrons. The Kier molecular flexibility index (Phi) is 6.84. The fourth-order valence-corrected chi connectivity index (χ4v) is 1.73. The van der Waals surface area contributed by atoms with Gasteiger partial charge in [-0.2, -0.15) is 0 Å². The average Bonchev–Trinajstić information content (AvgIpc) is 2.39. The van der Waals surface area contributed by atoms with Gasteiger partial charge in [0.15, 0.2) is 5.78 Å². The zero-order valence-corrected chi connectivity index (χ0v) is 10.9. The summed E-state index contributed by atoms with van der Waals surface area (Å²) in [6.07, 6.45) is 10.3. The van der Waals surface area contributed by atoms with E-state index in [9.17, 15) is 9.59 Å². The molecule has 0 aromatic carbocycles. The first-order valence-electron chi connectivity index (χ1n) is 6.55. The van der Waals surface area contributed by atoms with Gasteiger partial charge in [0, 0.05) is 18.8 Å². The van der Waals surface area contributed by atoms with Gasteiger partial charge in [-0.1, -0.05) is 32.6 Å². The summed E-state index contributed by atoms with van der Waals surface area (Å²) < 4.78 is 0. The van der Waals surface area contributed by atoms with E-state index in [0.717, 1.165) is 12.8 Å². The molecule has 98 valence electrons. The van der Waals surface area contributed by atoms with E-state index in [-0.39, 0.29) is 23.7 Å². The summed E-state index contributed by atoms with van der Waals surface area (Å²) in [6, 6.07) is 0. The number of carbonyl (C=O) groups excluding carboxylic acids is 2. The lowest BCUT2D eigenvalue weighted by molar-refractivity contribution is -0.118. The lowest BCUT2D eigenvalue weighted by Crippen LogP contribution is -2.09. The summed E-state index contributed by atoms with van der Waals surface area (Å²) in [5.74, 6) is -0.233. The van der Waals surface area contributed by atoms with Crippen molar-refractivity contribution < 1.29 is 9.59 Å². The van der Waals surface area contributed by atoms with E-state index in [1.807, 2.05) is 0 Å². The Balaban J connectivity index is 2.22. The molecule has 4 heteroatoms. The molecular formula is C14H20N2O2. The van der Waals surface area contributed by atoms with Gasteiger partial charge in [0.05, 0.1) is 12.6 Å². The van der Waals surface area contributed by atoms with Crippen molar-refractivity contribution in [1.29, 1.82) is 0 Å². The molecule has 1 rings (SSSR count). The number of Topliss-reactive ketones (excluding diaryl/α,β-unsaturated/α-hetero) is 2. The lowest BCUT2D eigenvalue weighted by atomic mass is 10.0. The van der Waals surface area contributed by atoms with Crippen LogP contribution in [0, 0.1) is 0 Å². The van der Waals surface area contributed by atoms with Crippen LogP contribution in [0.25, 0.3) is 0 Å². The zero-order valence-electron chi connectivity index (χ0n) is 10.9. The first-order valence-corrected chi connectivity index (χ1v) is 6.55. The first kappa shape index (κ1) is 14.5. The number of hydrogen-bond acceptors (Lipinski definition) is 4. The highest BCUT2D eigenvalue weighted by Crippen LogP contribution is 2.07. The fraction of sp³-hybridized carbons (Fsp3) is 0.571. The van der Waals surface area contributed by atoms with Crippen LogP contribution in [0.3, 0.4) is 0 Å². The van der Waals surface area contributed by atoms with Gasteiger partial charge >= 0.3 is 0 Å². The van der Waals surface area contributed by atoms with Crippen LogP contribution < -0.4 is 0 Å². The number of rotatable bonds is 9. The molecule has 18 heavy (non-hydrogen) atoms. The van der Waals surface area contributed by atoms with E-state index < -0.39 is 0 Å². The van der Waals surface area contributed by atoms with Gasteiger partial charge in [-0.3, -0.25) is 14.6 Å². The van der Waals surface area contributed by atoms with Gasteiger partial charge in [0.25, 0.3) is 0 Å². The number of aromatic nitrogens is 2. The van der Waals surface area contributed by atoms with Crippen LogP contribution in [0.1, 0.15) is 62.4 Å². The number of nitrogens with zero attached hydrogens (tertiary/aromatic N) is 2. The Morgan fingerprint density at radius 2 is 1.89 bits per heavy atom. The molecule has 0 aliphatic carbocycles. The van der Waals surface area contributed by atoms with Crippen molar-refractivity contribution in [3.63, 3.8) is 0 Å². The number of ketones is 2. The Morgan fingerprint density at radius 1 is 1.11 bits per heavy atom. The summed E-state index contributed by atoms with van der Waals surface area (Å²) in [4.78, 5) is 31.0. The van der Waals surface area contributed by atoms with Crippen LogP contribution in [0.4, 0.5) is 0 Å². The Labute approximate surface area is 108 Å². The second-order valence-electron chi connectivity index (χ2n) is 4.39. The minimum absolute atomic E-state index is 0.00199. The van der Waals surface area contributed by atoms with Gasteiger partial charge in [-0.25, -0.2) is 4.98 Å². The van der Waals surface area contributed by atoms with Crippen LogP contribution in [-0.2, 0) is 4.79 Å². The van der Waals surface area contributed by atoms with Crippen molar-refractivity contribution in [3.8, 4) is 0 Å². The van der Waals surface area contributed by atoms with E-state index in [1.54, 1.807) is 0 Å². The van der Waals surface area contributed by atoms with Crippen molar-refractivity contribution in [2.75, 3.05) is 0 Å². The van der Waals surface area contributed by atoms with Crippen LogP contribution in [0.5, 0.6) is 0 Å². The molecular weight excluding hydrogens is 228 g/mol. The van der Waals surface area contributed by atoms with Crippen molar-refractivity contribution in [3.05, 3.63) is 24.3 Å². The molecule has 0 spiro atoms. The Morgan fingerprint density at radius 3 is 2.56 bits per heavy atom. The molecule has 0 saturated carbocycles. The third-order valence-electron chi connectivity index (χ3n) is 2.77. The summed E-state index contributed by atoms with van der Waals surface area (Å²) in [5.41, 5.74) is 0.275. The maximum absolute atomic E-state index is 11.7. The molecule has 1 aromatic rings. The van der Waals surface area contributed by atoms with E-state index in [0.29, 0.717) is 6.42 Å². The van der Waals surface area contributed by atoms with E-state index in [1.165, 1.54) is 37.9 Å². The summed E-state index contributed by atoms with van der Waals surface area (Å²) >= 11 is 0. The minimum atomic E-state index is -0.235. The Hall–Kier alpha value is -1.58. The summed E-state index contributed by atoms with van der Waals surface area (Å²) in [5, 5.41) is 0. The van der Waals surface area contributed by atoms with Gasteiger partial charge in [0.1, 0.15) is 11.5 Å². The Bertz CT molecular complexity index is 377. The molecule has 0 fully saturated rings. The molecule has 0 aliphatic rings. The summed E-state index contributed by atoms with van der Waals surface area (Å²) in [7, 11) is 0. The molecule has 0 unspecified atom stereocenters. The van der Waals surface area contributed by atoms with Gasteiger partial charge in [-0.05, 0) is 6.42 Å².